The molecule has 4 rings (SSSR count). The van der Waals surface area contributed by atoms with Gasteiger partial charge in [0.25, 0.3) is 0 Å². The minimum absolute atomic E-state index is 0.0741. The van der Waals surface area contributed by atoms with Gasteiger partial charge in [0.15, 0.2) is 0 Å². The van der Waals surface area contributed by atoms with E-state index in [1.165, 1.54) is 12.1 Å². The lowest BCUT2D eigenvalue weighted by Crippen LogP contribution is -2.32. The molecule has 1 heterocycles. The van der Waals surface area contributed by atoms with Gasteiger partial charge in [0, 0.05) is 35.1 Å². The number of carboxylic acid groups (broad SMARTS) is 2. The zero-order valence-electron chi connectivity index (χ0n) is 19.7. The van der Waals surface area contributed by atoms with Crippen molar-refractivity contribution in [2.24, 2.45) is 0 Å². The number of hydrogen-bond acceptors (Lipinski definition) is 4. The fourth-order valence-electron chi connectivity index (χ4n) is 4.30. The number of halogens is 1. The lowest BCUT2D eigenvalue weighted by Gasteiger charge is -2.18. The molecule has 1 aromatic heterocycles. The Hall–Kier alpha value is -3.65. The highest BCUT2D eigenvalue weighted by atomic mass is 35.5. The first-order valence-corrected chi connectivity index (χ1v) is 11.9. The average Bonchev–Trinajstić information content (AvgIpc) is 3.20. The Labute approximate surface area is 213 Å². The van der Waals surface area contributed by atoms with Crippen LogP contribution in [-0.2, 0) is 13.0 Å². The van der Waals surface area contributed by atoms with Crippen LogP contribution in [0.15, 0.2) is 72.8 Å². The second-order valence-corrected chi connectivity index (χ2v) is 9.34. The number of fused-ring (bicyclic) bond motifs is 1. The van der Waals surface area contributed by atoms with E-state index >= 15 is 0 Å². The maximum Gasteiger partial charge on any atom is 0.352 e. The molecule has 186 valence electrons. The third-order valence-electron chi connectivity index (χ3n) is 6.16. The van der Waals surface area contributed by atoms with Crippen molar-refractivity contribution >= 4 is 34.4 Å². The van der Waals surface area contributed by atoms with Crippen LogP contribution >= 0.6 is 11.6 Å². The number of rotatable bonds is 10. The lowest BCUT2D eigenvalue weighted by atomic mass is 10.0. The highest BCUT2D eigenvalue weighted by Gasteiger charge is 2.17. The van der Waals surface area contributed by atoms with Gasteiger partial charge in [-0.15, -0.1) is 0 Å². The fraction of sp³-hybridized carbons (Fsp3) is 0.214. The van der Waals surface area contributed by atoms with Gasteiger partial charge in [-0.05, 0) is 72.5 Å². The summed E-state index contributed by atoms with van der Waals surface area (Å²) in [6.45, 7) is 2.72. The largest absolute Gasteiger partial charge is 0.478 e. The number of benzene rings is 3. The summed E-state index contributed by atoms with van der Waals surface area (Å²) >= 11 is 6.01. The van der Waals surface area contributed by atoms with Crippen LogP contribution < -0.4 is 5.32 Å². The number of carbonyl (C=O) groups is 2. The Morgan fingerprint density at radius 1 is 0.944 bits per heavy atom. The molecule has 7 nitrogen and oxygen atoms in total. The van der Waals surface area contributed by atoms with Gasteiger partial charge >= 0.3 is 11.9 Å². The standard InChI is InChI=1S/C28H27ClN2O5/c1-17(30-15-26(32)21-3-2-4-23(29)13-21)11-19-7-10-24-22(12-19)14-25(28(35)36)31(24)16-18-5-8-20(9-6-18)27(33)34/h2-10,12-14,17,26,30,32H,11,15-16H2,1H3,(H,33,34)(H,35,36). The Balaban J connectivity index is 1.48. The molecule has 0 bridgehead atoms. The van der Waals surface area contributed by atoms with E-state index in [-0.39, 0.29) is 17.3 Å². The number of hydrogen-bond donors (Lipinski definition) is 4. The Morgan fingerprint density at radius 3 is 2.33 bits per heavy atom. The SMILES string of the molecule is CC(Cc1ccc2c(c1)cc(C(=O)O)n2Cc1ccc(C(=O)O)cc1)NCC(O)c1cccc(Cl)c1. The van der Waals surface area contributed by atoms with Crippen LogP contribution in [0.3, 0.4) is 0 Å². The summed E-state index contributed by atoms with van der Waals surface area (Å²) in [5.74, 6) is -2.03. The maximum absolute atomic E-state index is 11.9. The minimum atomic E-state index is -1.03. The molecule has 0 aliphatic heterocycles. The fourth-order valence-corrected chi connectivity index (χ4v) is 4.50. The quantitative estimate of drug-likeness (QED) is 0.241. The molecular formula is C28H27ClN2O5. The monoisotopic (exact) mass is 506 g/mol. The zero-order valence-corrected chi connectivity index (χ0v) is 20.4. The summed E-state index contributed by atoms with van der Waals surface area (Å²) in [5.41, 5.74) is 3.74. The van der Waals surface area contributed by atoms with Crippen LogP contribution in [-0.4, -0.2) is 44.4 Å². The summed E-state index contributed by atoms with van der Waals surface area (Å²) in [6, 6.07) is 21.2. The van der Waals surface area contributed by atoms with Crippen molar-refractivity contribution in [3.8, 4) is 0 Å². The van der Waals surface area contributed by atoms with E-state index < -0.39 is 18.0 Å². The first-order valence-electron chi connectivity index (χ1n) is 11.6. The molecule has 2 atom stereocenters. The van der Waals surface area contributed by atoms with Crippen molar-refractivity contribution in [1.82, 2.24) is 9.88 Å². The molecule has 0 saturated carbocycles. The van der Waals surface area contributed by atoms with Crippen molar-refractivity contribution in [2.75, 3.05) is 6.54 Å². The summed E-state index contributed by atoms with van der Waals surface area (Å²) in [4.78, 5) is 23.0. The molecule has 3 aromatic carbocycles. The topological polar surface area (TPSA) is 112 Å². The Kier molecular flexibility index (Phi) is 7.74. The molecule has 0 saturated heterocycles. The molecule has 2 unspecified atom stereocenters. The van der Waals surface area contributed by atoms with Crippen LogP contribution in [0, 0.1) is 0 Å². The maximum atomic E-state index is 11.9. The van der Waals surface area contributed by atoms with Crippen molar-refractivity contribution in [3.63, 3.8) is 0 Å². The predicted octanol–water partition coefficient (Wildman–Crippen LogP) is 4.99. The summed E-state index contributed by atoms with van der Waals surface area (Å²) < 4.78 is 1.72. The lowest BCUT2D eigenvalue weighted by molar-refractivity contribution is 0.0680. The third kappa shape index (κ3) is 5.94. The van der Waals surface area contributed by atoms with Crippen molar-refractivity contribution < 1.29 is 24.9 Å². The molecule has 0 spiro atoms. The van der Waals surface area contributed by atoms with Crippen molar-refractivity contribution in [2.45, 2.75) is 32.0 Å². The van der Waals surface area contributed by atoms with Crippen LogP contribution in [0.2, 0.25) is 5.02 Å². The molecular weight excluding hydrogens is 480 g/mol. The van der Waals surface area contributed by atoms with Gasteiger partial charge in [-0.3, -0.25) is 0 Å². The number of carboxylic acids is 2. The van der Waals surface area contributed by atoms with E-state index in [1.54, 1.807) is 34.9 Å². The van der Waals surface area contributed by atoms with E-state index in [2.05, 4.69) is 5.32 Å². The number of aliphatic hydroxyl groups is 1. The molecule has 36 heavy (non-hydrogen) atoms. The van der Waals surface area contributed by atoms with Gasteiger partial charge in [0.1, 0.15) is 5.69 Å². The van der Waals surface area contributed by atoms with Gasteiger partial charge in [-0.25, -0.2) is 9.59 Å². The van der Waals surface area contributed by atoms with Gasteiger partial charge in [0.05, 0.1) is 11.7 Å². The molecule has 0 aliphatic rings. The van der Waals surface area contributed by atoms with Crippen molar-refractivity contribution in [1.29, 1.82) is 0 Å². The normalized spacial score (nSPS) is 13.0. The number of nitrogens with one attached hydrogen (secondary N) is 1. The van der Waals surface area contributed by atoms with Crippen LogP contribution in [0.1, 0.15) is 50.6 Å². The van der Waals surface area contributed by atoms with E-state index in [9.17, 15) is 19.8 Å². The molecule has 0 radical (unpaired) electrons. The molecule has 8 heteroatoms. The molecule has 0 fully saturated rings. The second kappa shape index (κ2) is 11.0. The van der Waals surface area contributed by atoms with Crippen LogP contribution in [0.4, 0.5) is 0 Å². The predicted molar refractivity (Wildman–Crippen MR) is 139 cm³/mol. The molecule has 4 N–H and O–H groups in total. The second-order valence-electron chi connectivity index (χ2n) is 8.90. The third-order valence-corrected chi connectivity index (χ3v) is 6.40. The zero-order chi connectivity index (χ0) is 25.8. The van der Waals surface area contributed by atoms with E-state index in [4.69, 9.17) is 16.7 Å². The highest BCUT2D eigenvalue weighted by molar-refractivity contribution is 6.30. The number of aliphatic hydroxyl groups excluding tert-OH is 1. The number of aromatic nitrogens is 1. The smallest absolute Gasteiger partial charge is 0.352 e. The first-order chi connectivity index (χ1) is 17.2. The summed E-state index contributed by atoms with van der Waals surface area (Å²) in [5, 5.41) is 34.0. The number of nitrogens with zero attached hydrogens (tertiary/aromatic N) is 1. The highest BCUT2D eigenvalue weighted by Crippen LogP contribution is 2.24. The summed E-state index contributed by atoms with van der Waals surface area (Å²) in [6.07, 6.45) is 0.0213. The Bertz CT molecular complexity index is 1400. The van der Waals surface area contributed by atoms with Crippen LogP contribution in [0.5, 0.6) is 0 Å². The van der Waals surface area contributed by atoms with Crippen LogP contribution in [0.25, 0.3) is 10.9 Å². The molecule has 4 aromatic rings. The first kappa shape index (κ1) is 25.4. The molecule has 0 amide bonds. The van der Waals surface area contributed by atoms with E-state index in [1.807, 2.05) is 37.3 Å². The van der Waals surface area contributed by atoms with Gasteiger partial charge in [-0.2, -0.15) is 0 Å². The Morgan fingerprint density at radius 2 is 1.67 bits per heavy atom. The van der Waals surface area contributed by atoms with E-state index in [0.29, 0.717) is 24.5 Å². The molecule has 0 aliphatic carbocycles. The summed E-state index contributed by atoms with van der Waals surface area (Å²) in [7, 11) is 0. The van der Waals surface area contributed by atoms with E-state index in [0.717, 1.165) is 27.6 Å². The number of aromatic carboxylic acids is 2. The van der Waals surface area contributed by atoms with Gasteiger partial charge < -0.3 is 25.2 Å². The minimum Gasteiger partial charge on any atom is -0.478 e. The average molecular weight is 507 g/mol. The van der Waals surface area contributed by atoms with Crippen molar-refractivity contribution in [3.05, 3.63) is 106 Å². The van der Waals surface area contributed by atoms with Gasteiger partial charge in [-0.1, -0.05) is 41.9 Å². The van der Waals surface area contributed by atoms with Gasteiger partial charge in [0.2, 0.25) is 0 Å².